The Kier molecular flexibility index (Phi) is 6.10. The summed E-state index contributed by atoms with van der Waals surface area (Å²) in [6.45, 7) is 6.05. The second kappa shape index (κ2) is 8.48. The molecule has 0 unspecified atom stereocenters. The fraction of sp³-hybridized carbons (Fsp3) is 0.682. The van der Waals surface area contributed by atoms with Crippen LogP contribution in [0.5, 0.6) is 0 Å². The van der Waals surface area contributed by atoms with Crippen LogP contribution < -0.4 is 5.32 Å². The maximum atomic E-state index is 13.3. The highest BCUT2D eigenvalue weighted by molar-refractivity contribution is 7.89. The maximum absolute atomic E-state index is 13.3. The predicted octanol–water partition coefficient (Wildman–Crippen LogP) is 2.07. The molecular weight excluding hydrogens is 400 g/mol. The molecule has 166 valence electrons. The molecule has 0 spiro atoms. The number of rotatable bonds is 4. The molecule has 1 atom stereocenters. The van der Waals surface area contributed by atoms with Gasteiger partial charge in [-0.1, -0.05) is 13.0 Å². The third-order valence-electron chi connectivity index (χ3n) is 7.36. The Bertz CT molecular complexity index is 896. The number of piperazine rings is 1. The molecule has 0 radical (unpaired) electrons. The first-order valence-corrected chi connectivity index (χ1v) is 12.7. The fourth-order valence-corrected chi connectivity index (χ4v) is 6.85. The molecule has 2 aliphatic heterocycles. The number of hydrogen-bond donors (Lipinski definition) is 1. The number of urea groups is 1. The number of nitrogens with zero attached hydrogens (tertiary/aromatic N) is 3. The summed E-state index contributed by atoms with van der Waals surface area (Å²) in [7, 11) is -1.80. The highest BCUT2D eigenvalue weighted by atomic mass is 32.2. The molecule has 30 heavy (non-hydrogen) atoms. The lowest BCUT2D eigenvalue weighted by Gasteiger charge is -2.45. The number of fused-ring (bicyclic) bond motifs is 1. The molecule has 7 nitrogen and oxygen atoms in total. The zero-order valence-electron chi connectivity index (χ0n) is 18.2. The van der Waals surface area contributed by atoms with Gasteiger partial charge in [-0.15, -0.1) is 0 Å². The third-order valence-corrected chi connectivity index (χ3v) is 9.25. The average molecular weight is 435 g/mol. The van der Waals surface area contributed by atoms with Crippen molar-refractivity contribution in [3.05, 3.63) is 29.3 Å². The molecule has 4 rings (SSSR count). The van der Waals surface area contributed by atoms with Crippen molar-refractivity contribution in [3.63, 3.8) is 0 Å². The van der Waals surface area contributed by atoms with Crippen molar-refractivity contribution in [3.8, 4) is 0 Å². The molecule has 1 aromatic rings. The number of benzene rings is 1. The summed E-state index contributed by atoms with van der Waals surface area (Å²) in [5.41, 5.74) is 2.46. The van der Waals surface area contributed by atoms with Gasteiger partial charge in [0.25, 0.3) is 0 Å². The highest BCUT2D eigenvalue weighted by Gasteiger charge is 2.44. The lowest BCUT2D eigenvalue weighted by molar-refractivity contribution is 0.0574. The van der Waals surface area contributed by atoms with Crippen molar-refractivity contribution < 1.29 is 13.2 Å². The Balaban J connectivity index is 1.44. The Morgan fingerprint density at radius 1 is 1.07 bits per heavy atom. The third kappa shape index (κ3) is 3.85. The van der Waals surface area contributed by atoms with Crippen LogP contribution in [0.1, 0.15) is 43.7 Å². The van der Waals surface area contributed by atoms with E-state index in [1.807, 2.05) is 17.0 Å². The van der Waals surface area contributed by atoms with Crippen LogP contribution >= 0.6 is 0 Å². The van der Waals surface area contributed by atoms with Crippen molar-refractivity contribution in [2.24, 2.45) is 0 Å². The molecule has 2 fully saturated rings. The molecule has 3 aliphatic rings. The van der Waals surface area contributed by atoms with E-state index in [1.165, 1.54) is 17.5 Å². The first-order chi connectivity index (χ1) is 14.4. The van der Waals surface area contributed by atoms with Gasteiger partial charge in [-0.05, 0) is 61.8 Å². The molecule has 1 N–H and O–H groups in total. The first kappa shape index (κ1) is 21.6. The Morgan fingerprint density at radius 3 is 2.43 bits per heavy atom. The van der Waals surface area contributed by atoms with Gasteiger partial charge in [-0.3, -0.25) is 4.90 Å². The number of aryl methyl sites for hydroxylation is 2. The zero-order chi connectivity index (χ0) is 21.4. The van der Waals surface area contributed by atoms with Gasteiger partial charge in [-0.2, -0.15) is 4.31 Å². The zero-order valence-corrected chi connectivity index (χ0v) is 19.0. The van der Waals surface area contributed by atoms with E-state index < -0.39 is 10.0 Å². The van der Waals surface area contributed by atoms with Crippen LogP contribution in [0.25, 0.3) is 0 Å². The summed E-state index contributed by atoms with van der Waals surface area (Å²) in [5.74, 6) is 0. The van der Waals surface area contributed by atoms with Crippen LogP contribution in [0, 0.1) is 0 Å². The molecule has 0 bridgehead atoms. The van der Waals surface area contributed by atoms with Gasteiger partial charge in [0.05, 0.1) is 4.90 Å². The van der Waals surface area contributed by atoms with E-state index >= 15 is 0 Å². The monoisotopic (exact) mass is 434 g/mol. The molecule has 1 aliphatic carbocycles. The van der Waals surface area contributed by atoms with E-state index in [1.54, 1.807) is 17.4 Å². The lowest BCUT2D eigenvalue weighted by Crippen LogP contribution is -2.59. The largest absolute Gasteiger partial charge is 0.341 e. The number of sulfonamides is 1. The Labute approximate surface area is 180 Å². The minimum absolute atomic E-state index is 0.0288. The van der Waals surface area contributed by atoms with E-state index in [0.29, 0.717) is 37.6 Å². The SMILES string of the molecule is CC[C@]1(N2CCN(S(=O)(=O)c3ccc4c(c3)CCCC4)CC2)CCN(C(=O)NC)C1. The second-order valence-corrected chi connectivity index (χ2v) is 10.8. The van der Waals surface area contributed by atoms with Crippen LogP contribution in [-0.4, -0.2) is 80.4 Å². The maximum Gasteiger partial charge on any atom is 0.317 e. The normalized spacial score (nSPS) is 25.9. The van der Waals surface area contributed by atoms with Crippen LogP contribution in [0.3, 0.4) is 0 Å². The molecular formula is C22H34N4O3S. The van der Waals surface area contributed by atoms with Crippen molar-refractivity contribution in [1.29, 1.82) is 0 Å². The van der Waals surface area contributed by atoms with Gasteiger partial charge >= 0.3 is 6.03 Å². The minimum Gasteiger partial charge on any atom is -0.341 e. The van der Waals surface area contributed by atoms with E-state index in [0.717, 1.165) is 38.6 Å². The van der Waals surface area contributed by atoms with Crippen molar-refractivity contribution in [2.45, 2.75) is 55.9 Å². The summed E-state index contributed by atoms with van der Waals surface area (Å²) in [4.78, 5) is 16.8. The molecule has 1 aromatic carbocycles. The summed E-state index contributed by atoms with van der Waals surface area (Å²) < 4.78 is 28.2. The minimum atomic E-state index is -3.47. The van der Waals surface area contributed by atoms with Gasteiger partial charge in [0, 0.05) is 51.9 Å². The number of nitrogens with one attached hydrogen (secondary N) is 1. The van der Waals surface area contributed by atoms with Crippen LogP contribution in [0.15, 0.2) is 23.1 Å². The average Bonchev–Trinajstić information content (AvgIpc) is 3.24. The van der Waals surface area contributed by atoms with Gasteiger partial charge in [0.2, 0.25) is 10.0 Å². The van der Waals surface area contributed by atoms with E-state index in [9.17, 15) is 13.2 Å². The first-order valence-electron chi connectivity index (χ1n) is 11.2. The molecule has 0 aromatic heterocycles. The number of amides is 2. The van der Waals surface area contributed by atoms with Crippen LogP contribution in [-0.2, 0) is 22.9 Å². The molecule has 8 heteroatoms. The Morgan fingerprint density at radius 2 is 1.77 bits per heavy atom. The van der Waals surface area contributed by atoms with Crippen molar-refractivity contribution >= 4 is 16.1 Å². The second-order valence-electron chi connectivity index (χ2n) is 8.83. The van der Waals surface area contributed by atoms with Gasteiger partial charge < -0.3 is 10.2 Å². The van der Waals surface area contributed by atoms with Crippen LogP contribution in [0.2, 0.25) is 0 Å². The van der Waals surface area contributed by atoms with E-state index in [4.69, 9.17) is 0 Å². The summed E-state index contributed by atoms with van der Waals surface area (Å²) in [5, 5.41) is 2.72. The predicted molar refractivity (Wildman–Crippen MR) is 117 cm³/mol. The number of carbonyl (C=O) groups is 1. The summed E-state index contributed by atoms with van der Waals surface area (Å²) >= 11 is 0. The lowest BCUT2D eigenvalue weighted by atomic mass is 9.92. The van der Waals surface area contributed by atoms with Gasteiger partial charge in [0.1, 0.15) is 0 Å². The number of hydrogen-bond acceptors (Lipinski definition) is 4. The summed E-state index contributed by atoms with van der Waals surface area (Å²) in [6.07, 6.45) is 6.26. The summed E-state index contributed by atoms with van der Waals surface area (Å²) in [6, 6.07) is 5.67. The fourth-order valence-electron chi connectivity index (χ4n) is 5.38. The Hall–Kier alpha value is -1.64. The quantitative estimate of drug-likeness (QED) is 0.787. The van der Waals surface area contributed by atoms with E-state index in [2.05, 4.69) is 17.1 Å². The standard InChI is InChI=1S/C22H34N4O3S/c1-3-22(10-11-24(17-22)21(27)23-2)25-12-14-26(15-13-25)30(28,29)20-9-8-18-6-4-5-7-19(18)16-20/h8-9,16H,3-7,10-15,17H2,1-2H3,(H,23,27)/t22-/m0/s1. The van der Waals surface area contributed by atoms with Gasteiger partial charge in [0.15, 0.2) is 0 Å². The number of carbonyl (C=O) groups excluding carboxylic acids is 1. The molecule has 2 amide bonds. The van der Waals surface area contributed by atoms with E-state index in [-0.39, 0.29) is 11.6 Å². The highest BCUT2D eigenvalue weighted by Crippen LogP contribution is 2.33. The van der Waals surface area contributed by atoms with Crippen molar-refractivity contribution in [1.82, 2.24) is 19.4 Å². The number of likely N-dealkylation sites (tertiary alicyclic amines) is 1. The molecule has 0 saturated carbocycles. The smallest absolute Gasteiger partial charge is 0.317 e. The van der Waals surface area contributed by atoms with Gasteiger partial charge in [-0.25, -0.2) is 13.2 Å². The molecule has 2 heterocycles. The molecule has 2 saturated heterocycles. The van der Waals surface area contributed by atoms with Crippen molar-refractivity contribution in [2.75, 3.05) is 46.3 Å². The topological polar surface area (TPSA) is 73.0 Å². The van der Waals surface area contributed by atoms with Crippen LogP contribution in [0.4, 0.5) is 4.79 Å².